The summed E-state index contributed by atoms with van der Waals surface area (Å²) in [7, 11) is 1.85. The molecule has 0 aliphatic carbocycles. The monoisotopic (exact) mass is 189 g/mol. The number of fused-ring (bicyclic) bond motifs is 1. The Morgan fingerprint density at radius 3 is 2.86 bits per heavy atom. The van der Waals surface area contributed by atoms with Gasteiger partial charge in [-0.15, -0.1) is 0 Å². The van der Waals surface area contributed by atoms with E-state index in [1.165, 1.54) is 0 Å². The Bertz CT molecular complexity index is 513. The number of benzene rings is 1. The molecular formula is C10H11N3O. The van der Waals surface area contributed by atoms with Crippen molar-refractivity contribution in [1.82, 2.24) is 9.78 Å². The number of aryl methyl sites for hydroxylation is 2. The maximum atomic E-state index is 11.2. The van der Waals surface area contributed by atoms with E-state index >= 15 is 0 Å². The fraction of sp³-hybridized carbons (Fsp3) is 0.200. The molecule has 0 radical (unpaired) electrons. The van der Waals surface area contributed by atoms with E-state index in [1.54, 1.807) is 16.8 Å². The standard InChI is InChI=1S/C10H11N3O/c1-6-9-7(10(11)14)4-3-5-8(9)12-13(6)2/h3-5H,1-2H3,(H2,11,14). The highest BCUT2D eigenvalue weighted by atomic mass is 16.1. The SMILES string of the molecule is Cc1c2c(C(N)=O)cccc2nn1C. The van der Waals surface area contributed by atoms with Gasteiger partial charge in [-0.25, -0.2) is 0 Å². The van der Waals surface area contributed by atoms with Gasteiger partial charge in [-0.1, -0.05) is 6.07 Å². The zero-order valence-corrected chi connectivity index (χ0v) is 8.11. The van der Waals surface area contributed by atoms with Crippen molar-refractivity contribution >= 4 is 16.8 Å². The van der Waals surface area contributed by atoms with E-state index in [4.69, 9.17) is 5.73 Å². The Hall–Kier alpha value is -1.84. The molecule has 1 aromatic carbocycles. The Labute approximate surface area is 81.3 Å². The third-order valence-electron chi connectivity index (χ3n) is 2.41. The number of nitrogens with two attached hydrogens (primary N) is 1. The molecule has 0 bridgehead atoms. The van der Waals surface area contributed by atoms with Crippen LogP contribution in [0.2, 0.25) is 0 Å². The van der Waals surface area contributed by atoms with Crippen LogP contribution in [-0.4, -0.2) is 15.7 Å². The predicted octanol–water partition coefficient (Wildman–Crippen LogP) is 0.981. The van der Waals surface area contributed by atoms with E-state index < -0.39 is 5.91 Å². The Balaban J connectivity index is 2.91. The van der Waals surface area contributed by atoms with Gasteiger partial charge in [0.2, 0.25) is 5.91 Å². The number of amides is 1. The molecule has 72 valence electrons. The molecule has 4 nitrogen and oxygen atoms in total. The molecule has 0 spiro atoms. The summed E-state index contributed by atoms with van der Waals surface area (Å²) in [5, 5.41) is 5.11. The first-order chi connectivity index (χ1) is 6.61. The molecular weight excluding hydrogens is 178 g/mol. The smallest absolute Gasteiger partial charge is 0.249 e. The van der Waals surface area contributed by atoms with Crippen LogP contribution in [0.5, 0.6) is 0 Å². The predicted molar refractivity (Wildman–Crippen MR) is 54.0 cm³/mol. The summed E-state index contributed by atoms with van der Waals surface area (Å²) in [6.07, 6.45) is 0. The zero-order valence-electron chi connectivity index (χ0n) is 8.11. The fourth-order valence-electron chi connectivity index (χ4n) is 1.61. The van der Waals surface area contributed by atoms with Crippen molar-refractivity contribution in [3.8, 4) is 0 Å². The van der Waals surface area contributed by atoms with Crippen LogP contribution in [-0.2, 0) is 7.05 Å². The lowest BCUT2D eigenvalue weighted by Crippen LogP contribution is -2.11. The van der Waals surface area contributed by atoms with Crippen LogP contribution in [0.3, 0.4) is 0 Å². The highest BCUT2D eigenvalue weighted by molar-refractivity contribution is 6.06. The second kappa shape index (κ2) is 2.83. The number of rotatable bonds is 1. The average molecular weight is 189 g/mol. The van der Waals surface area contributed by atoms with Gasteiger partial charge in [0.05, 0.1) is 11.1 Å². The summed E-state index contributed by atoms with van der Waals surface area (Å²) in [4.78, 5) is 11.2. The number of carbonyl (C=O) groups is 1. The van der Waals surface area contributed by atoms with Gasteiger partial charge in [-0.05, 0) is 19.1 Å². The first-order valence-electron chi connectivity index (χ1n) is 4.33. The van der Waals surface area contributed by atoms with Gasteiger partial charge in [-0.2, -0.15) is 5.10 Å². The van der Waals surface area contributed by atoms with Crippen LogP contribution < -0.4 is 5.73 Å². The third-order valence-corrected chi connectivity index (χ3v) is 2.41. The summed E-state index contributed by atoms with van der Waals surface area (Å²) in [6, 6.07) is 5.38. The molecule has 0 aliphatic heterocycles. The lowest BCUT2D eigenvalue weighted by atomic mass is 10.1. The minimum absolute atomic E-state index is 0.410. The number of hydrogen-bond acceptors (Lipinski definition) is 2. The van der Waals surface area contributed by atoms with Crippen molar-refractivity contribution in [2.45, 2.75) is 6.92 Å². The molecule has 4 heteroatoms. The lowest BCUT2D eigenvalue weighted by molar-refractivity contribution is 0.100. The van der Waals surface area contributed by atoms with Gasteiger partial charge in [0, 0.05) is 18.1 Å². The minimum atomic E-state index is -0.410. The lowest BCUT2D eigenvalue weighted by Gasteiger charge is -1.98. The first kappa shape index (κ1) is 8.74. The third kappa shape index (κ3) is 1.08. The van der Waals surface area contributed by atoms with Gasteiger partial charge in [0.15, 0.2) is 0 Å². The molecule has 2 aromatic rings. The van der Waals surface area contributed by atoms with Crippen LogP contribution in [0.4, 0.5) is 0 Å². The molecule has 1 heterocycles. The largest absolute Gasteiger partial charge is 0.366 e. The van der Waals surface area contributed by atoms with Crippen molar-refractivity contribution in [2.24, 2.45) is 12.8 Å². The molecule has 0 fully saturated rings. The van der Waals surface area contributed by atoms with Crippen molar-refractivity contribution in [1.29, 1.82) is 0 Å². The van der Waals surface area contributed by atoms with Crippen LogP contribution in [0.1, 0.15) is 16.1 Å². The molecule has 0 aliphatic rings. The van der Waals surface area contributed by atoms with Gasteiger partial charge < -0.3 is 5.73 Å². The highest BCUT2D eigenvalue weighted by Crippen LogP contribution is 2.20. The second-order valence-corrected chi connectivity index (χ2v) is 3.27. The van der Waals surface area contributed by atoms with Gasteiger partial charge >= 0.3 is 0 Å². The van der Waals surface area contributed by atoms with Gasteiger partial charge in [0.25, 0.3) is 0 Å². The van der Waals surface area contributed by atoms with E-state index in [0.29, 0.717) is 5.56 Å². The quantitative estimate of drug-likeness (QED) is 0.726. The molecule has 0 saturated heterocycles. The molecule has 1 aromatic heterocycles. The van der Waals surface area contributed by atoms with E-state index in [0.717, 1.165) is 16.6 Å². The second-order valence-electron chi connectivity index (χ2n) is 3.27. The van der Waals surface area contributed by atoms with Crippen LogP contribution >= 0.6 is 0 Å². The molecule has 1 amide bonds. The maximum Gasteiger partial charge on any atom is 0.249 e. The van der Waals surface area contributed by atoms with Crippen LogP contribution in [0.25, 0.3) is 10.9 Å². The molecule has 14 heavy (non-hydrogen) atoms. The first-order valence-corrected chi connectivity index (χ1v) is 4.33. The molecule has 2 rings (SSSR count). The fourth-order valence-corrected chi connectivity index (χ4v) is 1.61. The van der Waals surface area contributed by atoms with Gasteiger partial charge in [-0.3, -0.25) is 9.48 Å². The maximum absolute atomic E-state index is 11.2. The minimum Gasteiger partial charge on any atom is -0.366 e. The summed E-state index contributed by atoms with van der Waals surface area (Å²) >= 11 is 0. The van der Waals surface area contributed by atoms with Gasteiger partial charge in [0.1, 0.15) is 0 Å². The molecule has 2 N–H and O–H groups in total. The molecule has 0 saturated carbocycles. The van der Waals surface area contributed by atoms with Crippen molar-refractivity contribution in [2.75, 3.05) is 0 Å². The summed E-state index contributed by atoms with van der Waals surface area (Å²) in [5.74, 6) is -0.410. The average Bonchev–Trinajstić information content (AvgIpc) is 2.43. The zero-order chi connectivity index (χ0) is 10.3. The van der Waals surface area contributed by atoms with Crippen LogP contribution in [0, 0.1) is 6.92 Å². The normalized spacial score (nSPS) is 10.7. The topological polar surface area (TPSA) is 60.9 Å². The van der Waals surface area contributed by atoms with Crippen molar-refractivity contribution in [3.05, 3.63) is 29.5 Å². The summed E-state index contributed by atoms with van der Waals surface area (Å²) in [6.45, 7) is 1.92. The number of primary amides is 1. The number of nitrogens with zero attached hydrogens (tertiary/aromatic N) is 2. The number of carbonyl (C=O) groups excluding carboxylic acids is 1. The molecule has 0 atom stereocenters. The summed E-state index contributed by atoms with van der Waals surface area (Å²) < 4.78 is 1.75. The number of hydrogen-bond donors (Lipinski definition) is 1. The Morgan fingerprint density at radius 2 is 2.21 bits per heavy atom. The van der Waals surface area contributed by atoms with E-state index in [-0.39, 0.29) is 0 Å². The molecule has 0 unspecified atom stereocenters. The Kier molecular flexibility index (Phi) is 1.77. The van der Waals surface area contributed by atoms with E-state index in [2.05, 4.69) is 5.10 Å². The summed E-state index contributed by atoms with van der Waals surface area (Å²) in [5.41, 5.74) is 7.58. The highest BCUT2D eigenvalue weighted by Gasteiger charge is 2.12. The van der Waals surface area contributed by atoms with E-state index in [9.17, 15) is 4.79 Å². The van der Waals surface area contributed by atoms with Crippen molar-refractivity contribution < 1.29 is 4.79 Å². The number of aromatic nitrogens is 2. The Morgan fingerprint density at radius 1 is 1.50 bits per heavy atom. The van der Waals surface area contributed by atoms with E-state index in [1.807, 2.05) is 20.0 Å². The van der Waals surface area contributed by atoms with Crippen LogP contribution in [0.15, 0.2) is 18.2 Å². The van der Waals surface area contributed by atoms with Crippen molar-refractivity contribution in [3.63, 3.8) is 0 Å².